The van der Waals surface area contributed by atoms with Crippen LogP contribution < -0.4 is 10.6 Å². The Morgan fingerprint density at radius 2 is 2.00 bits per heavy atom. The van der Waals surface area contributed by atoms with E-state index in [9.17, 15) is 4.79 Å². The molecular weight excluding hydrogens is 230 g/mol. The molecule has 1 amide bonds. The van der Waals surface area contributed by atoms with Gasteiger partial charge in [-0.3, -0.25) is 4.79 Å². The number of nitrogens with one attached hydrogen (secondary N) is 2. The molecule has 0 bridgehead atoms. The summed E-state index contributed by atoms with van der Waals surface area (Å²) in [6.45, 7) is 7.63. The van der Waals surface area contributed by atoms with Gasteiger partial charge in [0, 0.05) is 58.9 Å². The first kappa shape index (κ1) is 13.8. The molecule has 2 aliphatic heterocycles. The number of hydrogen-bond donors (Lipinski definition) is 2. The Morgan fingerprint density at radius 1 is 1.28 bits per heavy atom. The molecule has 5 nitrogen and oxygen atoms in total. The van der Waals surface area contributed by atoms with Crippen LogP contribution in [-0.2, 0) is 9.53 Å². The van der Waals surface area contributed by atoms with Crippen LogP contribution in [-0.4, -0.2) is 63.3 Å². The summed E-state index contributed by atoms with van der Waals surface area (Å²) in [4.78, 5) is 14.1. The number of carbonyl (C=O) groups excluding carboxylic acids is 1. The van der Waals surface area contributed by atoms with Crippen LogP contribution in [0.25, 0.3) is 0 Å². The number of ether oxygens (including phenoxy) is 1. The van der Waals surface area contributed by atoms with E-state index in [0.717, 1.165) is 65.3 Å². The molecule has 18 heavy (non-hydrogen) atoms. The topological polar surface area (TPSA) is 53.6 Å². The maximum atomic E-state index is 11.7. The van der Waals surface area contributed by atoms with Gasteiger partial charge in [-0.15, -0.1) is 0 Å². The van der Waals surface area contributed by atoms with E-state index in [2.05, 4.69) is 15.5 Å². The van der Waals surface area contributed by atoms with Crippen LogP contribution in [0.1, 0.15) is 19.3 Å². The molecule has 2 saturated heterocycles. The molecule has 0 spiro atoms. The summed E-state index contributed by atoms with van der Waals surface area (Å²) in [7, 11) is 0. The van der Waals surface area contributed by atoms with Crippen molar-refractivity contribution in [3.05, 3.63) is 0 Å². The summed E-state index contributed by atoms with van der Waals surface area (Å²) >= 11 is 0. The monoisotopic (exact) mass is 255 g/mol. The van der Waals surface area contributed by atoms with Gasteiger partial charge in [0.15, 0.2) is 0 Å². The van der Waals surface area contributed by atoms with E-state index in [0.29, 0.717) is 12.3 Å². The minimum absolute atomic E-state index is 0.194. The van der Waals surface area contributed by atoms with Crippen molar-refractivity contribution < 1.29 is 9.53 Å². The average Bonchev–Trinajstić information content (AvgIpc) is 2.45. The molecule has 2 N–H and O–H groups in total. The number of rotatable bonds is 5. The van der Waals surface area contributed by atoms with Crippen molar-refractivity contribution in [2.45, 2.75) is 19.3 Å². The molecule has 0 aromatic heterocycles. The molecule has 2 aliphatic rings. The minimum Gasteiger partial charge on any atom is -0.381 e. The van der Waals surface area contributed by atoms with Crippen LogP contribution in [0, 0.1) is 5.92 Å². The van der Waals surface area contributed by atoms with Crippen molar-refractivity contribution in [3.63, 3.8) is 0 Å². The second-order valence-corrected chi connectivity index (χ2v) is 5.20. The Kier molecular flexibility index (Phi) is 5.90. The van der Waals surface area contributed by atoms with Crippen LogP contribution in [0.2, 0.25) is 0 Å². The smallest absolute Gasteiger partial charge is 0.221 e. The maximum absolute atomic E-state index is 11.7. The van der Waals surface area contributed by atoms with Crippen molar-refractivity contribution in [3.8, 4) is 0 Å². The van der Waals surface area contributed by atoms with Gasteiger partial charge in [-0.1, -0.05) is 0 Å². The number of amides is 1. The molecule has 5 heteroatoms. The lowest BCUT2D eigenvalue weighted by atomic mass is 10.0. The Morgan fingerprint density at radius 3 is 2.72 bits per heavy atom. The quantitative estimate of drug-likeness (QED) is 0.716. The lowest BCUT2D eigenvalue weighted by Crippen LogP contribution is -2.44. The summed E-state index contributed by atoms with van der Waals surface area (Å²) in [6.07, 6.45) is 2.79. The largest absolute Gasteiger partial charge is 0.381 e. The van der Waals surface area contributed by atoms with Gasteiger partial charge < -0.3 is 20.3 Å². The maximum Gasteiger partial charge on any atom is 0.221 e. The van der Waals surface area contributed by atoms with Crippen molar-refractivity contribution in [2.75, 3.05) is 52.5 Å². The van der Waals surface area contributed by atoms with Crippen LogP contribution in [0.15, 0.2) is 0 Å². The molecule has 104 valence electrons. The van der Waals surface area contributed by atoms with Crippen LogP contribution in [0.4, 0.5) is 0 Å². The van der Waals surface area contributed by atoms with E-state index in [1.165, 1.54) is 0 Å². The number of hydrogen-bond acceptors (Lipinski definition) is 4. The van der Waals surface area contributed by atoms with Gasteiger partial charge in [0.25, 0.3) is 0 Å². The third-order valence-electron chi connectivity index (χ3n) is 3.79. The van der Waals surface area contributed by atoms with Gasteiger partial charge >= 0.3 is 0 Å². The average molecular weight is 255 g/mol. The zero-order valence-corrected chi connectivity index (χ0v) is 11.1. The van der Waals surface area contributed by atoms with E-state index in [1.54, 1.807) is 0 Å². The van der Waals surface area contributed by atoms with E-state index in [-0.39, 0.29) is 5.91 Å². The molecule has 0 atom stereocenters. The molecule has 0 aromatic carbocycles. The summed E-state index contributed by atoms with van der Waals surface area (Å²) in [5.41, 5.74) is 0. The predicted molar refractivity (Wildman–Crippen MR) is 70.5 cm³/mol. The molecule has 2 rings (SSSR count). The van der Waals surface area contributed by atoms with Crippen molar-refractivity contribution in [2.24, 2.45) is 5.92 Å². The van der Waals surface area contributed by atoms with Crippen LogP contribution in [0.3, 0.4) is 0 Å². The fourth-order valence-corrected chi connectivity index (χ4v) is 2.49. The second-order valence-electron chi connectivity index (χ2n) is 5.20. The van der Waals surface area contributed by atoms with Crippen molar-refractivity contribution in [1.29, 1.82) is 0 Å². The number of carbonyl (C=O) groups is 1. The van der Waals surface area contributed by atoms with Crippen LogP contribution >= 0.6 is 0 Å². The fourth-order valence-electron chi connectivity index (χ4n) is 2.49. The highest BCUT2D eigenvalue weighted by molar-refractivity contribution is 5.76. The zero-order chi connectivity index (χ0) is 12.6. The molecule has 0 saturated carbocycles. The standard InChI is InChI=1S/C13H25N3O2/c17-13(1-6-16-7-4-14-5-8-16)15-11-12-2-9-18-10-3-12/h12,14H,1-11H2,(H,15,17). The first-order valence-corrected chi connectivity index (χ1v) is 7.12. The molecule has 2 heterocycles. The van der Waals surface area contributed by atoms with Crippen molar-refractivity contribution in [1.82, 2.24) is 15.5 Å². The number of piperazine rings is 1. The summed E-state index contributed by atoms with van der Waals surface area (Å²) in [6, 6.07) is 0. The lowest BCUT2D eigenvalue weighted by molar-refractivity contribution is -0.121. The molecule has 0 aromatic rings. The first-order chi connectivity index (χ1) is 8.84. The third kappa shape index (κ3) is 4.92. The summed E-state index contributed by atoms with van der Waals surface area (Å²) in [5, 5.41) is 6.37. The van der Waals surface area contributed by atoms with Gasteiger partial charge in [-0.05, 0) is 18.8 Å². The SMILES string of the molecule is O=C(CCN1CCNCC1)NCC1CCOCC1. The van der Waals surface area contributed by atoms with E-state index < -0.39 is 0 Å². The minimum atomic E-state index is 0.194. The molecule has 0 radical (unpaired) electrons. The van der Waals surface area contributed by atoms with Crippen molar-refractivity contribution >= 4 is 5.91 Å². The van der Waals surface area contributed by atoms with Crippen LogP contribution in [0.5, 0.6) is 0 Å². The highest BCUT2D eigenvalue weighted by Gasteiger charge is 2.15. The number of nitrogens with zero attached hydrogens (tertiary/aromatic N) is 1. The van der Waals surface area contributed by atoms with Gasteiger partial charge in [-0.2, -0.15) is 0 Å². The predicted octanol–water partition coefficient (Wildman–Crippen LogP) is -0.175. The third-order valence-corrected chi connectivity index (χ3v) is 3.79. The zero-order valence-electron chi connectivity index (χ0n) is 11.1. The Hall–Kier alpha value is -0.650. The van der Waals surface area contributed by atoms with Gasteiger partial charge in [-0.25, -0.2) is 0 Å². The fraction of sp³-hybridized carbons (Fsp3) is 0.923. The van der Waals surface area contributed by atoms with E-state index in [4.69, 9.17) is 4.74 Å². The van der Waals surface area contributed by atoms with Gasteiger partial charge in [0.2, 0.25) is 5.91 Å². The highest BCUT2D eigenvalue weighted by atomic mass is 16.5. The first-order valence-electron chi connectivity index (χ1n) is 7.12. The van der Waals surface area contributed by atoms with Gasteiger partial charge in [0.05, 0.1) is 0 Å². The highest BCUT2D eigenvalue weighted by Crippen LogP contribution is 2.13. The normalized spacial score (nSPS) is 22.9. The Bertz CT molecular complexity index is 225. The van der Waals surface area contributed by atoms with E-state index >= 15 is 0 Å². The lowest BCUT2D eigenvalue weighted by Gasteiger charge is -2.27. The summed E-state index contributed by atoms with van der Waals surface area (Å²) in [5.74, 6) is 0.807. The van der Waals surface area contributed by atoms with E-state index in [1.807, 2.05) is 0 Å². The van der Waals surface area contributed by atoms with Gasteiger partial charge in [0.1, 0.15) is 0 Å². The molecule has 2 fully saturated rings. The Labute approximate surface area is 109 Å². The molecule has 0 unspecified atom stereocenters. The molecular formula is C13H25N3O2. The molecule has 0 aliphatic carbocycles. The Balaban J connectivity index is 1.54. The summed E-state index contributed by atoms with van der Waals surface area (Å²) < 4.78 is 5.31. The second kappa shape index (κ2) is 7.71.